The number of rotatable bonds is 4. The van der Waals surface area contributed by atoms with Gasteiger partial charge in [-0.3, -0.25) is 4.79 Å². The normalized spacial score (nSPS) is 10.4. The van der Waals surface area contributed by atoms with Crippen molar-refractivity contribution in [3.05, 3.63) is 59.2 Å². The first-order valence-electron chi connectivity index (χ1n) is 6.44. The topological polar surface area (TPSA) is 60.8 Å². The molecule has 1 amide bonds. The molecular formula is C16H16ClNO3. The molecule has 0 aliphatic heterocycles. The van der Waals surface area contributed by atoms with Crippen LogP contribution in [0.1, 0.15) is 21.5 Å². The van der Waals surface area contributed by atoms with Crippen molar-refractivity contribution in [2.45, 2.75) is 13.5 Å². The molecule has 0 saturated heterocycles. The van der Waals surface area contributed by atoms with Crippen LogP contribution in [0.2, 0.25) is 0 Å². The molecule has 0 spiro atoms. The van der Waals surface area contributed by atoms with Gasteiger partial charge in [-0.2, -0.15) is 0 Å². The number of carbonyl (C=O) groups is 1. The Morgan fingerprint density at radius 2 is 1.81 bits per heavy atom. The number of phenols is 2. The number of hydrogen-bond acceptors (Lipinski definition) is 3. The van der Waals surface area contributed by atoms with Crippen LogP contribution in [0.25, 0.3) is 0 Å². The summed E-state index contributed by atoms with van der Waals surface area (Å²) in [7, 11) is 0. The van der Waals surface area contributed by atoms with Crippen molar-refractivity contribution in [2.24, 2.45) is 0 Å². The number of nitrogens with zero attached hydrogens (tertiary/aromatic N) is 1. The number of carbonyl (C=O) groups excluding carboxylic acids is 1. The highest BCUT2D eigenvalue weighted by molar-refractivity contribution is 6.19. The summed E-state index contributed by atoms with van der Waals surface area (Å²) in [5.74, 6) is -0.748. The molecule has 0 heterocycles. The van der Waals surface area contributed by atoms with Gasteiger partial charge in [0.05, 0.1) is 11.6 Å². The van der Waals surface area contributed by atoms with Crippen LogP contribution >= 0.6 is 11.6 Å². The van der Waals surface area contributed by atoms with Gasteiger partial charge in [-0.1, -0.05) is 29.8 Å². The van der Waals surface area contributed by atoms with E-state index in [2.05, 4.69) is 0 Å². The lowest BCUT2D eigenvalue weighted by Crippen LogP contribution is -2.29. The molecule has 0 saturated carbocycles. The average molecular weight is 306 g/mol. The molecule has 0 unspecified atom stereocenters. The van der Waals surface area contributed by atoms with Gasteiger partial charge >= 0.3 is 0 Å². The summed E-state index contributed by atoms with van der Waals surface area (Å²) < 4.78 is 0. The Kier molecular flexibility index (Phi) is 4.70. The second kappa shape index (κ2) is 6.50. The summed E-state index contributed by atoms with van der Waals surface area (Å²) in [6, 6.07) is 11.7. The van der Waals surface area contributed by atoms with Crippen molar-refractivity contribution in [1.29, 1.82) is 0 Å². The Bertz CT molecular complexity index is 640. The van der Waals surface area contributed by atoms with Gasteiger partial charge in [0, 0.05) is 12.6 Å². The molecule has 4 nitrogen and oxygen atoms in total. The molecule has 0 aliphatic carbocycles. The zero-order chi connectivity index (χ0) is 15.4. The van der Waals surface area contributed by atoms with Gasteiger partial charge < -0.3 is 15.1 Å². The maximum atomic E-state index is 12.4. The molecule has 0 radical (unpaired) electrons. The Morgan fingerprint density at radius 3 is 2.38 bits per heavy atom. The van der Waals surface area contributed by atoms with Gasteiger partial charge in [-0.25, -0.2) is 0 Å². The van der Waals surface area contributed by atoms with E-state index >= 15 is 0 Å². The average Bonchev–Trinajstić information content (AvgIpc) is 2.46. The molecule has 2 rings (SSSR count). The van der Waals surface area contributed by atoms with Crippen LogP contribution in [0, 0.1) is 6.92 Å². The van der Waals surface area contributed by atoms with Gasteiger partial charge in [0.15, 0.2) is 0 Å². The maximum Gasteiger partial charge on any atom is 0.258 e. The van der Waals surface area contributed by atoms with E-state index in [0.717, 1.165) is 17.2 Å². The fourth-order valence-electron chi connectivity index (χ4n) is 1.95. The van der Waals surface area contributed by atoms with E-state index in [1.165, 1.54) is 17.0 Å². The zero-order valence-corrected chi connectivity index (χ0v) is 12.3. The molecule has 5 heteroatoms. The standard InChI is InChI=1S/C16H16ClNO3/c1-11-2-4-12(5-3-11)9-18(10-17)16(21)14-7-6-13(19)8-15(14)20/h2-8,19-20H,9-10H2,1H3. The minimum Gasteiger partial charge on any atom is -0.508 e. The van der Waals surface area contributed by atoms with Crippen LogP contribution in [0.4, 0.5) is 0 Å². The number of amides is 1. The van der Waals surface area contributed by atoms with Gasteiger partial charge in [-0.15, -0.1) is 11.6 Å². The molecule has 0 aromatic heterocycles. The van der Waals surface area contributed by atoms with E-state index in [1.54, 1.807) is 0 Å². The monoisotopic (exact) mass is 305 g/mol. The smallest absolute Gasteiger partial charge is 0.258 e. The summed E-state index contributed by atoms with van der Waals surface area (Å²) in [5.41, 5.74) is 2.20. The molecule has 110 valence electrons. The van der Waals surface area contributed by atoms with E-state index in [-0.39, 0.29) is 29.0 Å². The highest BCUT2D eigenvalue weighted by Gasteiger charge is 2.18. The van der Waals surface area contributed by atoms with Crippen LogP contribution in [0.3, 0.4) is 0 Å². The number of hydrogen-bond donors (Lipinski definition) is 2. The van der Waals surface area contributed by atoms with E-state index in [0.29, 0.717) is 6.54 Å². The van der Waals surface area contributed by atoms with Crippen LogP contribution in [-0.2, 0) is 6.54 Å². The summed E-state index contributed by atoms with van der Waals surface area (Å²) in [6.07, 6.45) is 0. The summed E-state index contributed by atoms with van der Waals surface area (Å²) in [6.45, 7) is 2.34. The Balaban J connectivity index is 2.20. The third-order valence-corrected chi connectivity index (χ3v) is 3.43. The molecule has 2 aromatic rings. The molecule has 21 heavy (non-hydrogen) atoms. The van der Waals surface area contributed by atoms with Gasteiger partial charge in [0.1, 0.15) is 11.5 Å². The lowest BCUT2D eigenvalue weighted by atomic mass is 10.1. The predicted octanol–water partition coefficient (Wildman–Crippen LogP) is 3.24. The predicted molar refractivity (Wildman–Crippen MR) is 81.5 cm³/mol. The van der Waals surface area contributed by atoms with Crippen LogP contribution in [-0.4, -0.2) is 27.0 Å². The number of aromatic hydroxyl groups is 2. The molecular weight excluding hydrogens is 290 g/mol. The molecule has 0 fully saturated rings. The Labute approximate surface area is 128 Å². The molecule has 2 N–H and O–H groups in total. The number of aryl methyl sites for hydroxylation is 1. The van der Waals surface area contributed by atoms with Gasteiger partial charge in [0.25, 0.3) is 5.91 Å². The first-order chi connectivity index (χ1) is 10.0. The fourth-order valence-corrected chi connectivity index (χ4v) is 2.15. The Hall–Kier alpha value is -2.20. The van der Waals surface area contributed by atoms with E-state index in [4.69, 9.17) is 11.6 Å². The van der Waals surface area contributed by atoms with Crippen LogP contribution in [0.15, 0.2) is 42.5 Å². The van der Waals surface area contributed by atoms with E-state index in [1.807, 2.05) is 31.2 Å². The first kappa shape index (κ1) is 15.2. The highest BCUT2D eigenvalue weighted by atomic mass is 35.5. The number of alkyl halides is 1. The zero-order valence-electron chi connectivity index (χ0n) is 11.6. The number of benzene rings is 2. The number of phenolic OH excluding ortho intramolecular Hbond substituents is 2. The molecule has 0 aliphatic rings. The quantitative estimate of drug-likeness (QED) is 0.673. The number of halogens is 1. The van der Waals surface area contributed by atoms with E-state index in [9.17, 15) is 15.0 Å². The minimum absolute atomic E-state index is 0.00697. The first-order valence-corrected chi connectivity index (χ1v) is 6.97. The highest BCUT2D eigenvalue weighted by Crippen LogP contribution is 2.24. The minimum atomic E-state index is -0.386. The lowest BCUT2D eigenvalue weighted by molar-refractivity contribution is 0.0770. The molecule has 0 bridgehead atoms. The second-order valence-electron chi connectivity index (χ2n) is 4.81. The fraction of sp³-hybridized carbons (Fsp3) is 0.188. The second-order valence-corrected chi connectivity index (χ2v) is 5.05. The summed E-state index contributed by atoms with van der Waals surface area (Å²) in [5, 5.41) is 19.0. The van der Waals surface area contributed by atoms with Crippen LogP contribution in [0.5, 0.6) is 11.5 Å². The van der Waals surface area contributed by atoms with Gasteiger partial charge in [0.2, 0.25) is 0 Å². The molecule has 2 aromatic carbocycles. The molecule has 0 atom stereocenters. The third-order valence-electron chi connectivity index (χ3n) is 3.14. The van der Waals surface area contributed by atoms with Crippen molar-refractivity contribution >= 4 is 17.5 Å². The van der Waals surface area contributed by atoms with Crippen molar-refractivity contribution in [3.63, 3.8) is 0 Å². The van der Waals surface area contributed by atoms with Gasteiger partial charge in [-0.05, 0) is 24.6 Å². The van der Waals surface area contributed by atoms with Crippen molar-refractivity contribution < 1.29 is 15.0 Å². The maximum absolute atomic E-state index is 12.4. The van der Waals surface area contributed by atoms with Crippen molar-refractivity contribution in [2.75, 3.05) is 6.00 Å². The summed E-state index contributed by atoms with van der Waals surface area (Å²) >= 11 is 5.85. The van der Waals surface area contributed by atoms with Crippen molar-refractivity contribution in [3.8, 4) is 11.5 Å². The summed E-state index contributed by atoms with van der Waals surface area (Å²) in [4.78, 5) is 13.8. The van der Waals surface area contributed by atoms with Crippen molar-refractivity contribution in [1.82, 2.24) is 4.90 Å². The Morgan fingerprint density at radius 1 is 1.14 bits per heavy atom. The lowest BCUT2D eigenvalue weighted by Gasteiger charge is -2.20. The third kappa shape index (κ3) is 3.67. The SMILES string of the molecule is Cc1ccc(CN(CCl)C(=O)c2ccc(O)cc2O)cc1. The van der Waals surface area contributed by atoms with Crippen LogP contribution < -0.4 is 0 Å². The largest absolute Gasteiger partial charge is 0.508 e. The van der Waals surface area contributed by atoms with E-state index < -0.39 is 0 Å².